The molecule has 2 unspecified atom stereocenters. The molecule has 121 valence electrons. The van der Waals surface area contributed by atoms with Crippen LogP contribution in [-0.4, -0.2) is 29.3 Å². The first-order valence-electron chi connectivity index (χ1n) is 7.86. The standard InChI is InChI=1S/2C8H16O2.Al/c2*1-3-5-6-7(4-2)8(9)10;/h2*7H,3-6H2,1-2H3,(H,9,10);/q;;+2/p-2. The van der Waals surface area contributed by atoms with E-state index in [4.69, 9.17) is 0 Å². The summed E-state index contributed by atoms with van der Waals surface area (Å²) in [5.41, 5.74) is 0. The van der Waals surface area contributed by atoms with Gasteiger partial charge in [-0.15, -0.1) is 0 Å². The number of carboxylic acid groups (broad SMARTS) is 2. The summed E-state index contributed by atoms with van der Waals surface area (Å²) < 4.78 is 0. The third-order valence-corrected chi connectivity index (χ3v) is 3.46. The molecule has 0 amide bonds. The minimum atomic E-state index is -0.893. The van der Waals surface area contributed by atoms with E-state index in [-0.39, 0.29) is 29.2 Å². The summed E-state index contributed by atoms with van der Waals surface area (Å²) in [6.07, 6.45) is 7.04. The number of carboxylic acids is 2. The average Bonchev–Trinajstić information content (AvgIpc) is 2.40. The van der Waals surface area contributed by atoms with Crippen LogP contribution in [0.4, 0.5) is 0 Å². The molecule has 0 fully saturated rings. The van der Waals surface area contributed by atoms with E-state index in [0.29, 0.717) is 12.8 Å². The van der Waals surface area contributed by atoms with Crippen LogP contribution in [0.2, 0.25) is 0 Å². The normalized spacial score (nSPS) is 12.4. The van der Waals surface area contributed by atoms with Crippen molar-refractivity contribution in [3.05, 3.63) is 0 Å². The predicted molar refractivity (Wildman–Crippen MR) is 82.4 cm³/mol. The van der Waals surface area contributed by atoms with Gasteiger partial charge in [0.15, 0.2) is 0 Å². The first-order valence-corrected chi connectivity index (χ1v) is 7.86. The molecule has 0 rings (SSSR count). The molecule has 0 aliphatic rings. The van der Waals surface area contributed by atoms with Crippen LogP contribution in [-0.2, 0) is 9.59 Å². The maximum Gasteiger partial charge on any atom is 2.00 e. The molecule has 5 heteroatoms. The fourth-order valence-corrected chi connectivity index (χ4v) is 1.88. The zero-order chi connectivity index (χ0) is 16.0. The molecule has 21 heavy (non-hydrogen) atoms. The van der Waals surface area contributed by atoms with Gasteiger partial charge in [-0.3, -0.25) is 0 Å². The van der Waals surface area contributed by atoms with Crippen molar-refractivity contribution in [1.29, 1.82) is 0 Å². The monoisotopic (exact) mass is 313 g/mol. The molecular formula is C16H30AlO4. The van der Waals surface area contributed by atoms with Gasteiger partial charge in [-0.25, -0.2) is 0 Å². The van der Waals surface area contributed by atoms with E-state index in [1.165, 1.54) is 0 Å². The number of hydrogen-bond donors (Lipinski definition) is 0. The number of rotatable bonds is 10. The van der Waals surface area contributed by atoms with Gasteiger partial charge in [-0.05, 0) is 37.5 Å². The zero-order valence-electron chi connectivity index (χ0n) is 14.0. The Morgan fingerprint density at radius 2 is 1.05 bits per heavy atom. The molecule has 1 radical (unpaired) electrons. The summed E-state index contributed by atoms with van der Waals surface area (Å²) in [4.78, 5) is 20.7. The minimum absolute atomic E-state index is 0. The Bertz CT molecular complexity index is 231. The van der Waals surface area contributed by atoms with Crippen molar-refractivity contribution in [2.24, 2.45) is 11.8 Å². The minimum Gasteiger partial charge on any atom is -0.550 e. The largest absolute Gasteiger partial charge is 2.00 e. The van der Waals surface area contributed by atoms with Crippen molar-refractivity contribution < 1.29 is 19.8 Å². The Kier molecular flexibility index (Phi) is 21.2. The topological polar surface area (TPSA) is 80.3 Å². The Morgan fingerprint density at radius 3 is 1.19 bits per heavy atom. The summed E-state index contributed by atoms with van der Waals surface area (Å²) in [6, 6.07) is 0. The Morgan fingerprint density at radius 1 is 0.762 bits per heavy atom. The molecule has 4 nitrogen and oxygen atoms in total. The third-order valence-electron chi connectivity index (χ3n) is 3.46. The van der Waals surface area contributed by atoms with Gasteiger partial charge in [0, 0.05) is 11.9 Å². The molecule has 0 aliphatic heterocycles. The Balaban J connectivity index is -0.000000295. The fraction of sp³-hybridized carbons (Fsp3) is 0.875. The molecule has 0 N–H and O–H groups in total. The molecule has 0 aromatic carbocycles. The zero-order valence-corrected chi connectivity index (χ0v) is 15.2. The van der Waals surface area contributed by atoms with E-state index in [0.717, 1.165) is 38.5 Å². The van der Waals surface area contributed by atoms with E-state index in [2.05, 4.69) is 13.8 Å². The van der Waals surface area contributed by atoms with E-state index in [1.807, 2.05) is 13.8 Å². The van der Waals surface area contributed by atoms with Crippen LogP contribution in [0.3, 0.4) is 0 Å². The van der Waals surface area contributed by atoms with Crippen LogP contribution in [0, 0.1) is 11.8 Å². The SMILES string of the molecule is CCCCC(CC)C(=O)[O-].CCCCC(CC)C(=O)[O-].[Al+2]. The van der Waals surface area contributed by atoms with Crippen LogP contribution in [0.1, 0.15) is 79.1 Å². The molecule has 2 atom stereocenters. The molecule has 0 bridgehead atoms. The smallest absolute Gasteiger partial charge is 0.550 e. The molecule has 0 spiro atoms. The van der Waals surface area contributed by atoms with Crippen LogP contribution in [0.5, 0.6) is 0 Å². The number of hydrogen-bond acceptors (Lipinski definition) is 4. The summed E-state index contributed by atoms with van der Waals surface area (Å²) in [6.45, 7) is 7.89. The van der Waals surface area contributed by atoms with Crippen LogP contribution in [0.25, 0.3) is 0 Å². The second-order valence-electron chi connectivity index (χ2n) is 5.13. The quantitative estimate of drug-likeness (QED) is 0.573. The summed E-state index contributed by atoms with van der Waals surface area (Å²) in [5, 5.41) is 20.7. The maximum atomic E-state index is 10.3. The van der Waals surface area contributed by atoms with Gasteiger partial charge >= 0.3 is 17.4 Å². The molecule has 0 aliphatic carbocycles. The molecule has 0 saturated carbocycles. The maximum absolute atomic E-state index is 10.3. The van der Waals surface area contributed by atoms with Crippen molar-refractivity contribution in [1.82, 2.24) is 0 Å². The van der Waals surface area contributed by atoms with Crippen molar-refractivity contribution in [2.75, 3.05) is 0 Å². The summed E-state index contributed by atoms with van der Waals surface area (Å²) in [7, 11) is 0. The van der Waals surface area contributed by atoms with Gasteiger partial charge in [0.25, 0.3) is 0 Å². The van der Waals surface area contributed by atoms with Gasteiger partial charge in [0.05, 0.1) is 0 Å². The first kappa shape index (κ1) is 25.4. The van der Waals surface area contributed by atoms with Gasteiger partial charge < -0.3 is 19.8 Å². The van der Waals surface area contributed by atoms with Crippen molar-refractivity contribution >= 4 is 29.3 Å². The molecule has 0 heterocycles. The second kappa shape index (κ2) is 17.5. The van der Waals surface area contributed by atoms with Gasteiger partial charge in [-0.1, -0.05) is 53.4 Å². The Labute approximate surface area is 140 Å². The number of aliphatic carboxylic acids is 2. The first-order chi connectivity index (χ1) is 9.44. The average molecular weight is 313 g/mol. The van der Waals surface area contributed by atoms with Gasteiger partial charge in [0.1, 0.15) is 0 Å². The summed E-state index contributed by atoms with van der Waals surface area (Å²) in [5.74, 6) is -2.23. The van der Waals surface area contributed by atoms with E-state index in [1.54, 1.807) is 0 Å². The van der Waals surface area contributed by atoms with E-state index in [9.17, 15) is 19.8 Å². The number of carbonyl (C=O) groups excluding carboxylic acids is 2. The fourth-order valence-electron chi connectivity index (χ4n) is 1.88. The van der Waals surface area contributed by atoms with Crippen molar-refractivity contribution in [3.8, 4) is 0 Å². The van der Waals surface area contributed by atoms with Crippen molar-refractivity contribution in [2.45, 2.75) is 79.1 Å². The van der Waals surface area contributed by atoms with Gasteiger partial charge in [0.2, 0.25) is 0 Å². The second-order valence-corrected chi connectivity index (χ2v) is 5.13. The van der Waals surface area contributed by atoms with Crippen LogP contribution >= 0.6 is 0 Å². The number of carbonyl (C=O) groups is 2. The van der Waals surface area contributed by atoms with Gasteiger partial charge in [-0.2, -0.15) is 0 Å². The Hall–Kier alpha value is -0.528. The molecule has 0 aromatic rings. The predicted octanol–water partition coefficient (Wildman–Crippen LogP) is 1.52. The van der Waals surface area contributed by atoms with Crippen LogP contribution < -0.4 is 10.2 Å². The van der Waals surface area contributed by atoms with E-state index < -0.39 is 11.9 Å². The summed E-state index contributed by atoms with van der Waals surface area (Å²) >= 11 is 0. The number of unbranched alkanes of at least 4 members (excludes halogenated alkanes) is 2. The third kappa shape index (κ3) is 15.7. The molecular weight excluding hydrogens is 283 g/mol. The van der Waals surface area contributed by atoms with E-state index >= 15 is 0 Å². The molecule has 0 aromatic heterocycles. The van der Waals surface area contributed by atoms with Crippen LogP contribution in [0.15, 0.2) is 0 Å². The van der Waals surface area contributed by atoms with Crippen molar-refractivity contribution in [3.63, 3.8) is 0 Å². The molecule has 0 saturated heterocycles.